The number of nitrogens with zero attached hydrogens (tertiary/aromatic N) is 7. The number of H-pyrrole nitrogens is 1. The summed E-state index contributed by atoms with van der Waals surface area (Å²) in [4.78, 5) is 26.4. The Morgan fingerprint density at radius 3 is 2.39 bits per heavy atom. The molecule has 1 aromatic carbocycles. The minimum Gasteiger partial charge on any atom is -0.383 e. The number of carbonyl (C=O) groups is 1. The first-order valence-electron chi connectivity index (χ1n) is 13.4. The van der Waals surface area contributed by atoms with Gasteiger partial charge in [0.2, 0.25) is 0 Å². The van der Waals surface area contributed by atoms with Crippen molar-refractivity contribution in [2.45, 2.75) is 55.8 Å². The highest BCUT2D eigenvalue weighted by Gasteiger charge is 2.49. The number of rotatable bonds is 6. The number of hydrogen-bond acceptors (Lipinski definition) is 9. The number of aromatic amines is 1. The normalized spacial score (nSPS) is 21.0. The molecule has 2 bridgehead atoms. The smallest absolute Gasteiger partial charge is 0.278 e. The van der Waals surface area contributed by atoms with Gasteiger partial charge in [-0.15, -0.1) is 0 Å². The number of aromatic nitrogens is 7. The molecule has 2 aliphatic heterocycles. The van der Waals surface area contributed by atoms with Crippen LogP contribution >= 0.6 is 0 Å². The highest BCUT2D eigenvalue weighted by molar-refractivity contribution is 7.89. The Balaban J connectivity index is 1.27. The predicted octanol–water partition coefficient (Wildman–Crippen LogP) is 3.46. The van der Waals surface area contributed by atoms with Gasteiger partial charge in [-0.1, -0.05) is 36.4 Å². The Bertz CT molecular complexity index is 1860. The number of benzene rings is 1. The van der Waals surface area contributed by atoms with Gasteiger partial charge >= 0.3 is 0 Å². The number of carbonyl (C=O) groups excluding carboxylic acids is 1. The summed E-state index contributed by atoms with van der Waals surface area (Å²) in [6.07, 6.45) is 7.13. The number of pyridine rings is 1. The maximum atomic E-state index is 13.3. The quantitative estimate of drug-likeness (QED) is 0.291. The molecule has 13 heteroatoms. The van der Waals surface area contributed by atoms with Crippen LogP contribution in [0, 0.1) is 0 Å². The Labute approximate surface area is 235 Å². The van der Waals surface area contributed by atoms with Crippen LogP contribution in [0.15, 0.2) is 66.3 Å². The number of ketones is 1. The monoisotopic (exact) mass is 569 g/mol. The molecule has 3 atom stereocenters. The minimum absolute atomic E-state index is 0.152. The molecule has 4 aromatic heterocycles. The second kappa shape index (κ2) is 9.56. The van der Waals surface area contributed by atoms with E-state index in [4.69, 9.17) is 10.7 Å². The molecule has 2 saturated heterocycles. The van der Waals surface area contributed by atoms with Gasteiger partial charge in [-0.2, -0.15) is 19.0 Å². The summed E-state index contributed by atoms with van der Waals surface area (Å²) >= 11 is 0. The van der Waals surface area contributed by atoms with E-state index in [0.717, 1.165) is 35.2 Å². The van der Waals surface area contributed by atoms with Crippen LogP contribution in [0.5, 0.6) is 0 Å². The fourth-order valence-electron chi connectivity index (χ4n) is 6.39. The van der Waals surface area contributed by atoms with Crippen molar-refractivity contribution in [3.05, 3.63) is 72.4 Å². The number of anilines is 1. The van der Waals surface area contributed by atoms with Crippen LogP contribution in [0.2, 0.25) is 0 Å². The standard InChI is InChI=1S/C28H27N9O3S/c1-16(38)24-25(19-11-20-8-9-21(12-19)37(20)41(39,40)28-31-15-32-35-28)34-27-22(14-33-36(27)26(24)29)18-7-10-23(30-13-18)17-5-3-2-4-6-17/h2-7,10,13-15,19-21H,8-9,11-12,29H2,1H3,(H,31,32,35)/t19?,20-,21+. The molecule has 0 saturated carbocycles. The summed E-state index contributed by atoms with van der Waals surface area (Å²) in [6, 6.07) is 13.3. The van der Waals surface area contributed by atoms with E-state index in [2.05, 4.69) is 25.3 Å². The SMILES string of the molecule is CC(=O)c1c(C2C[C@H]3CC[C@@H](C2)N3S(=O)(=O)c2ncn[nH]2)nc2c(-c3ccc(-c4ccccc4)nc3)cnn2c1N. The third kappa shape index (κ3) is 4.11. The molecule has 3 N–H and O–H groups in total. The molecule has 208 valence electrons. The molecule has 5 aromatic rings. The van der Waals surface area contributed by atoms with Crippen LogP contribution in [-0.4, -0.2) is 65.4 Å². The molecule has 41 heavy (non-hydrogen) atoms. The summed E-state index contributed by atoms with van der Waals surface area (Å²) < 4.78 is 29.7. The number of Topliss-reactive ketones (excluding diaryl/α,β-unsaturated/α-hetero) is 1. The molecule has 2 fully saturated rings. The van der Waals surface area contributed by atoms with Crippen molar-refractivity contribution < 1.29 is 13.2 Å². The molecular formula is C28H27N9O3S. The van der Waals surface area contributed by atoms with E-state index in [1.54, 1.807) is 16.7 Å². The fraction of sp³-hybridized carbons (Fsp3) is 0.286. The predicted molar refractivity (Wildman–Crippen MR) is 150 cm³/mol. The lowest BCUT2D eigenvalue weighted by molar-refractivity contribution is 0.101. The van der Waals surface area contributed by atoms with E-state index < -0.39 is 10.0 Å². The Morgan fingerprint density at radius 2 is 1.76 bits per heavy atom. The van der Waals surface area contributed by atoms with Gasteiger partial charge in [0, 0.05) is 40.9 Å². The number of fused-ring (bicyclic) bond motifs is 3. The number of nitrogen functional groups attached to an aromatic ring is 1. The first-order chi connectivity index (χ1) is 19.8. The van der Waals surface area contributed by atoms with Gasteiger partial charge in [-0.05, 0) is 38.7 Å². The molecule has 0 amide bonds. The van der Waals surface area contributed by atoms with E-state index in [9.17, 15) is 13.2 Å². The lowest BCUT2D eigenvalue weighted by atomic mass is 9.86. The second-order valence-corrected chi connectivity index (χ2v) is 12.3. The van der Waals surface area contributed by atoms with Crippen molar-refractivity contribution in [3.8, 4) is 22.4 Å². The summed E-state index contributed by atoms with van der Waals surface area (Å²) in [5.41, 5.74) is 11.4. The summed E-state index contributed by atoms with van der Waals surface area (Å²) in [6.45, 7) is 1.47. The molecule has 12 nitrogen and oxygen atoms in total. The second-order valence-electron chi connectivity index (χ2n) is 10.6. The van der Waals surface area contributed by atoms with Crippen molar-refractivity contribution in [2.75, 3.05) is 5.73 Å². The zero-order chi connectivity index (χ0) is 28.3. The van der Waals surface area contributed by atoms with Gasteiger partial charge < -0.3 is 5.73 Å². The number of nitrogens with one attached hydrogen (secondary N) is 1. The summed E-state index contributed by atoms with van der Waals surface area (Å²) in [5, 5.41) is 10.5. The van der Waals surface area contributed by atoms with E-state index in [0.29, 0.717) is 29.7 Å². The van der Waals surface area contributed by atoms with E-state index in [1.165, 1.54) is 17.8 Å². The van der Waals surface area contributed by atoms with Crippen LogP contribution in [0.4, 0.5) is 5.82 Å². The largest absolute Gasteiger partial charge is 0.383 e. The Morgan fingerprint density at radius 1 is 1.00 bits per heavy atom. The maximum Gasteiger partial charge on any atom is 0.278 e. The van der Waals surface area contributed by atoms with Crippen molar-refractivity contribution >= 4 is 27.3 Å². The summed E-state index contributed by atoms with van der Waals surface area (Å²) in [5.74, 6) is -0.134. The maximum absolute atomic E-state index is 13.3. The van der Waals surface area contributed by atoms with Crippen LogP contribution in [0.1, 0.15) is 54.6 Å². The van der Waals surface area contributed by atoms with Gasteiger partial charge in [0.1, 0.15) is 12.1 Å². The molecule has 1 unspecified atom stereocenters. The third-order valence-corrected chi connectivity index (χ3v) is 10.0. The van der Waals surface area contributed by atoms with E-state index in [1.807, 2.05) is 42.5 Å². The van der Waals surface area contributed by atoms with E-state index in [-0.39, 0.29) is 34.8 Å². The first kappa shape index (κ1) is 25.5. The average Bonchev–Trinajstić information content (AvgIpc) is 3.72. The molecule has 2 aliphatic rings. The van der Waals surface area contributed by atoms with E-state index >= 15 is 0 Å². The van der Waals surface area contributed by atoms with Gasteiger partial charge in [0.25, 0.3) is 15.2 Å². The van der Waals surface area contributed by atoms with Gasteiger partial charge in [-0.3, -0.25) is 9.78 Å². The van der Waals surface area contributed by atoms with Crippen molar-refractivity contribution in [1.82, 2.24) is 39.1 Å². The average molecular weight is 570 g/mol. The number of sulfonamides is 1. The first-order valence-corrected chi connectivity index (χ1v) is 14.9. The zero-order valence-electron chi connectivity index (χ0n) is 22.2. The van der Waals surface area contributed by atoms with Crippen molar-refractivity contribution in [2.24, 2.45) is 0 Å². The highest BCUT2D eigenvalue weighted by atomic mass is 32.2. The van der Waals surface area contributed by atoms with Gasteiger partial charge in [0.05, 0.1) is 23.1 Å². The lowest BCUT2D eigenvalue weighted by Crippen LogP contribution is -2.46. The Kier molecular flexibility index (Phi) is 5.94. The van der Waals surface area contributed by atoms with Gasteiger partial charge in [0.15, 0.2) is 11.4 Å². The molecule has 7 rings (SSSR count). The number of hydrogen-bond donors (Lipinski definition) is 2. The van der Waals surface area contributed by atoms with Gasteiger partial charge in [-0.25, -0.2) is 23.5 Å². The number of nitrogens with two attached hydrogens (primary N) is 1. The van der Waals surface area contributed by atoms with Crippen LogP contribution in [0.3, 0.4) is 0 Å². The molecule has 0 aliphatic carbocycles. The minimum atomic E-state index is -3.82. The summed E-state index contributed by atoms with van der Waals surface area (Å²) in [7, 11) is -3.82. The fourth-order valence-corrected chi connectivity index (χ4v) is 8.11. The number of piperidine rings is 1. The zero-order valence-corrected chi connectivity index (χ0v) is 23.0. The van der Waals surface area contributed by atoms with Crippen molar-refractivity contribution in [3.63, 3.8) is 0 Å². The molecule has 0 radical (unpaired) electrons. The highest BCUT2D eigenvalue weighted by Crippen LogP contribution is 2.46. The van der Waals surface area contributed by atoms with Crippen LogP contribution in [0.25, 0.3) is 28.0 Å². The molecule has 6 heterocycles. The van der Waals surface area contributed by atoms with Crippen LogP contribution in [-0.2, 0) is 10.0 Å². The topological polar surface area (TPSA) is 165 Å². The van der Waals surface area contributed by atoms with Crippen molar-refractivity contribution in [1.29, 1.82) is 0 Å². The third-order valence-electron chi connectivity index (χ3n) is 8.17. The Hall–Kier alpha value is -4.49. The molecule has 0 spiro atoms. The van der Waals surface area contributed by atoms with Crippen LogP contribution < -0.4 is 5.73 Å². The lowest BCUT2D eigenvalue weighted by Gasteiger charge is -2.37. The molecular weight excluding hydrogens is 542 g/mol.